The van der Waals surface area contributed by atoms with E-state index in [0.29, 0.717) is 29.4 Å². The Labute approximate surface area is 204 Å². The number of sulfonamides is 1. The molecule has 2 aromatic carbocycles. The molecule has 180 valence electrons. The van der Waals surface area contributed by atoms with Gasteiger partial charge in [-0.15, -0.1) is 0 Å². The molecule has 0 fully saturated rings. The first-order chi connectivity index (χ1) is 16.8. The Hall–Kier alpha value is -3.94. The van der Waals surface area contributed by atoms with E-state index < -0.39 is 10.0 Å². The average molecular weight is 491 g/mol. The van der Waals surface area contributed by atoms with Crippen LogP contribution in [0.2, 0.25) is 0 Å². The average Bonchev–Trinajstić information content (AvgIpc) is 3.23. The standard InChI is InChI=1S/C25H26N6O3S/c1-18(16-26-2)31-22-14-15-27-25(34-17-19-8-6-5-7-9-19)23(22)24(29-31)28-20-10-12-21(13-11-20)35(32,33)30(3)4/h5-15,18H,16-17H2,1,3-4H3,(H,28,29). The molecule has 4 aromatic rings. The summed E-state index contributed by atoms with van der Waals surface area (Å²) in [5.74, 6) is 0.929. The summed E-state index contributed by atoms with van der Waals surface area (Å²) in [5, 5.41) is 8.69. The van der Waals surface area contributed by atoms with Crippen LogP contribution in [-0.2, 0) is 16.6 Å². The lowest BCUT2D eigenvalue weighted by Crippen LogP contribution is -2.22. The maximum atomic E-state index is 12.4. The molecule has 0 amide bonds. The lowest BCUT2D eigenvalue weighted by molar-refractivity contribution is 0.298. The van der Waals surface area contributed by atoms with Gasteiger partial charge >= 0.3 is 0 Å². The van der Waals surface area contributed by atoms with Gasteiger partial charge in [-0.3, -0.25) is 4.68 Å². The van der Waals surface area contributed by atoms with Crippen molar-refractivity contribution in [2.75, 3.05) is 26.0 Å². The van der Waals surface area contributed by atoms with E-state index in [-0.39, 0.29) is 17.5 Å². The largest absolute Gasteiger partial charge is 0.472 e. The third-order valence-electron chi connectivity index (χ3n) is 5.47. The van der Waals surface area contributed by atoms with Gasteiger partial charge in [0, 0.05) is 26.0 Å². The van der Waals surface area contributed by atoms with Gasteiger partial charge in [-0.05, 0) is 42.8 Å². The number of nitrogens with zero attached hydrogens (tertiary/aromatic N) is 5. The van der Waals surface area contributed by atoms with Gasteiger partial charge < -0.3 is 14.9 Å². The summed E-state index contributed by atoms with van der Waals surface area (Å²) in [6.45, 7) is 9.80. The van der Waals surface area contributed by atoms with Gasteiger partial charge in [0.05, 0.1) is 10.4 Å². The number of anilines is 2. The van der Waals surface area contributed by atoms with Gasteiger partial charge in [-0.1, -0.05) is 30.3 Å². The van der Waals surface area contributed by atoms with Crippen LogP contribution in [0.1, 0.15) is 18.5 Å². The van der Waals surface area contributed by atoms with Gasteiger partial charge in [0.1, 0.15) is 18.0 Å². The first-order valence-corrected chi connectivity index (χ1v) is 12.4. The molecule has 4 rings (SSSR count). The molecule has 2 heterocycles. The summed E-state index contributed by atoms with van der Waals surface area (Å²) < 4.78 is 33.8. The van der Waals surface area contributed by atoms with Crippen molar-refractivity contribution in [1.29, 1.82) is 0 Å². The van der Waals surface area contributed by atoms with Crippen molar-refractivity contribution in [1.82, 2.24) is 19.1 Å². The summed E-state index contributed by atoms with van der Waals surface area (Å²) in [6, 6.07) is 17.9. The van der Waals surface area contributed by atoms with Gasteiger partial charge in [0.15, 0.2) is 5.82 Å². The second-order valence-corrected chi connectivity index (χ2v) is 10.4. The van der Waals surface area contributed by atoms with E-state index in [4.69, 9.17) is 16.4 Å². The smallest absolute Gasteiger partial charge is 0.242 e. The minimum Gasteiger partial charge on any atom is -0.472 e. The fraction of sp³-hybridized carbons (Fsp3) is 0.240. The zero-order valence-electron chi connectivity index (χ0n) is 19.7. The molecule has 35 heavy (non-hydrogen) atoms. The van der Waals surface area contributed by atoms with E-state index >= 15 is 0 Å². The molecule has 0 aliphatic rings. The fourth-order valence-corrected chi connectivity index (χ4v) is 4.49. The number of hydrogen-bond acceptors (Lipinski definition) is 6. The van der Waals surface area contributed by atoms with E-state index in [1.54, 1.807) is 35.1 Å². The van der Waals surface area contributed by atoms with Crippen molar-refractivity contribution in [2.24, 2.45) is 0 Å². The first kappa shape index (κ1) is 24.2. The quantitative estimate of drug-likeness (QED) is 0.348. The highest BCUT2D eigenvalue weighted by atomic mass is 32.2. The Morgan fingerprint density at radius 3 is 2.49 bits per heavy atom. The Morgan fingerprint density at radius 1 is 1.11 bits per heavy atom. The van der Waals surface area contributed by atoms with E-state index in [1.165, 1.54) is 18.4 Å². The van der Waals surface area contributed by atoms with Gasteiger partial charge in [-0.25, -0.2) is 24.3 Å². The molecule has 10 heteroatoms. The second-order valence-electron chi connectivity index (χ2n) is 8.20. The summed E-state index contributed by atoms with van der Waals surface area (Å²) in [6.07, 6.45) is 1.66. The molecular weight excluding hydrogens is 464 g/mol. The summed E-state index contributed by atoms with van der Waals surface area (Å²) in [7, 11) is -0.538. The Balaban J connectivity index is 1.72. The monoisotopic (exact) mass is 490 g/mol. The summed E-state index contributed by atoms with van der Waals surface area (Å²) in [5.41, 5.74) is 2.45. The van der Waals surface area contributed by atoms with Crippen LogP contribution in [0, 0.1) is 6.57 Å². The van der Waals surface area contributed by atoms with Crippen LogP contribution in [0.3, 0.4) is 0 Å². The number of fused-ring (bicyclic) bond motifs is 1. The molecule has 1 atom stereocenters. The van der Waals surface area contributed by atoms with Crippen LogP contribution >= 0.6 is 0 Å². The van der Waals surface area contributed by atoms with Crippen LogP contribution in [0.15, 0.2) is 71.8 Å². The molecule has 1 N–H and O–H groups in total. The third kappa shape index (κ3) is 5.11. The molecule has 0 saturated carbocycles. The normalized spacial score (nSPS) is 12.4. The highest BCUT2D eigenvalue weighted by Gasteiger charge is 2.22. The lowest BCUT2D eigenvalue weighted by atomic mass is 10.2. The van der Waals surface area contributed by atoms with Crippen molar-refractivity contribution in [3.8, 4) is 5.88 Å². The van der Waals surface area contributed by atoms with Crippen molar-refractivity contribution < 1.29 is 13.2 Å². The van der Waals surface area contributed by atoms with Crippen LogP contribution in [0.25, 0.3) is 15.7 Å². The Bertz CT molecular complexity index is 1460. The predicted octanol–water partition coefficient (Wildman–Crippen LogP) is 4.48. The highest BCUT2D eigenvalue weighted by Crippen LogP contribution is 2.34. The fourth-order valence-electron chi connectivity index (χ4n) is 3.58. The topological polar surface area (TPSA) is 93.7 Å². The molecule has 0 saturated heterocycles. The van der Waals surface area contributed by atoms with Crippen molar-refractivity contribution in [3.63, 3.8) is 0 Å². The molecule has 0 bridgehead atoms. The lowest BCUT2D eigenvalue weighted by Gasteiger charge is -2.12. The van der Waals surface area contributed by atoms with E-state index in [2.05, 4.69) is 15.1 Å². The Kier molecular flexibility index (Phi) is 7.00. The maximum absolute atomic E-state index is 12.4. The number of aromatic nitrogens is 3. The zero-order chi connectivity index (χ0) is 25.0. The SMILES string of the molecule is [C-]#[N+]CC(C)n1nc(Nc2ccc(S(=O)(=O)N(C)C)cc2)c2c(OCc3ccccc3)nccc21. The van der Waals surface area contributed by atoms with Crippen molar-refractivity contribution in [3.05, 3.63) is 83.8 Å². The van der Waals surface area contributed by atoms with E-state index in [1.807, 2.05) is 43.3 Å². The van der Waals surface area contributed by atoms with Crippen molar-refractivity contribution >= 4 is 32.4 Å². The summed E-state index contributed by atoms with van der Waals surface area (Å²) >= 11 is 0. The van der Waals surface area contributed by atoms with Gasteiger partial charge in [0.25, 0.3) is 0 Å². The number of benzene rings is 2. The number of ether oxygens (including phenoxy) is 1. The molecule has 0 radical (unpaired) electrons. The summed E-state index contributed by atoms with van der Waals surface area (Å²) in [4.78, 5) is 8.16. The highest BCUT2D eigenvalue weighted by molar-refractivity contribution is 7.89. The molecule has 0 spiro atoms. The molecule has 2 aromatic heterocycles. The van der Waals surface area contributed by atoms with Crippen LogP contribution in [-0.4, -0.2) is 48.1 Å². The molecule has 9 nitrogen and oxygen atoms in total. The molecule has 0 aliphatic carbocycles. The Morgan fingerprint density at radius 2 is 1.83 bits per heavy atom. The van der Waals surface area contributed by atoms with Crippen molar-refractivity contribution in [2.45, 2.75) is 24.5 Å². The minimum atomic E-state index is -3.53. The maximum Gasteiger partial charge on any atom is 0.242 e. The number of hydrogen-bond donors (Lipinski definition) is 1. The number of pyridine rings is 1. The predicted molar refractivity (Wildman–Crippen MR) is 135 cm³/mol. The zero-order valence-corrected chi connectivity index (χ0v) is 20.5. The number of nitrogens with one attached hydrogen (secondary N) is 1. The van der Waals surface area contributed by atoms with Crippen LogP contribution in [0.5, 0.6) is 5.88 Å². The second kappa shape index (κ2) is 10.1. The van der Waals surface area contributed by atoms with E-state index in [0.717, 1.165) is 11.1 Å². The number of rotatable bonds is 9. The first-order valence-electron chi connectivity index (χ1n) is 11.0. The molecule has 1 unspecified atom stereocenters. The van der Waals surface area contributed by atoms with E-state index in [9.17, 15) is 8.42 Å². The third-order valence-corrected chi connectivity index (χ3v) is 7.30. The minimum absolute atomic E-state index is 0.164. The van der Waals surface area contributed by atoms with Gasteiger partial charge in [0.2, 0.25) is 22.4 Å². The van der Waals surface area contributed by atoms with Crippen LogP contribution < -0.4 is 10.1 Å². The molecule has 0 aliphatic heterocycles. The van der Waals surface area contributed by atoms with Gasteiger partial charge in [-0.2, -0.15) is 5.10 Å². The van der Waals surface area contributed by atoms with Crippen LogP contribution in [0.4, 0.5) is 11.5 Å². The molecular formula is C25H26N6O3S.